The molecule has 1 atom stereocenters. The van der Waals surface area contributed by atoms with Crippen molar-refractivity contribution >= 4 is 8.32 Å². The largest absolute Gasteiger partial charge is 0.416 e. The van der Waals surface area contributed by atoms with Crippen molar-refractivity contribution in [2.75, 3.05) is 20.7 Å². The van der Waals surface area contributed by atoms with Crippen molar-refractivity contribution in [3.63, 3.8) is 0 Å². The van der Waals surface area contributed by atoms with E-state index in [2.05, 4.69) is 45.9 Å². The van der Waals surface area contributed by atoms with Crippen LogP contribution in [-0.4, -0.2) is 39.6 Å². The van der Waals surface area contributed by atoms with E-state index in [9.17, 15) is 0 Å². The van der Waals surface area contributed by atoms with Crippen LogP contribution in [0.1, 0.15) is 20.3 Å². The molecule has 1 unspecified atom stereocenters. The minimum atomic E-state index is -1.47. The zero-order valence-electron chi connectivity index (χ0n) is 9.35. The molecule has 0 saturated heterocycles. The Bertz CT molecular complexity index is 126. The average molecular weight is 189 g/mol. The van der Waals surface area contributed by atoms with Gasteiger partial charge in [0.05, 0.1) is 0 Å². The second-order valence-electron chi connectivity index (χ2n) is 3.92. The molecule has 0 aromatic carbocycles. The highest BCUT2D eigenvalue weighted by atomic mass is 28.4. The van der Waals surface area contributed by atoms with Crippen molar-refractivity contribution in [1.82, 2.24) is 4.90 Å². The second kappa shape index (κ2) is 4.99. The fourth-order valence-corrected chi connectivity index (χ4v) is 5.11. The van der Waals surface area contributed by atoms with Gasteiger partial charge in [-0.1, -0.05) is 6.92 Å². The fourth-order valence-electron chi connectivity index (χ4n) is 1.95. The van der Waals surface area contributed by atoms with Gasteiger partial charge >= 0.3 is 0 Å². The summed E-state index contributed by atoms with van der Waals surface area (Å²) in [6.07, 6.45) is 1.19. The summed E-state index contributed by atoms with van der Waals surface area (Å²) in [6, 6.07) is 0. The fraction of sp³-hybridized carbons (Fsp3) is 1.00. The lowest BCUT2D eigenvalue weighted by molar-refractivity contribution is 0.266. The summed E-state index contributed by atoms with van der Waals surface area (Å²) in [7, 11) is 2.81. The molecule has 12 heavy (non-hydrogen) atoms. The van der Waals surface area contributed by atoms with Crippen molar-refractivity contribution in [3.05, 3.63) is 0 Å². The zero-order chi connectivity index (χ0) is 9.78. The monoisotopic (exact) mass is 189 g/mol. The Morgan fingerprint density at radius 3 is 2.00 bits per heavy atom. The van der Waals surface area contributed by atoms with Gasteiger partial charge in [-0.3, -0.25) is 0 Å². The van der Waals surface area contributed by atoms with E-state index in [1.807, 2.05) is 0 Å². The predicted octanol–water partition coefficient (Wildman–Crippen LogP) is 2.11. The number of nitrogens with zero attached hydrogens (tertiary/aromatic N) is 1. The maximum Gasteiger partial charge on any atom is 0.203 e. The van der Waals surface area contributed by atoms with E-state index in [0.717, 1.165) is 6.61 Å². The Balaban J connectivity index is 4.25. The lowest BCUT2D eigenvalue weighted by Gasteiger charge is -2.35. The van der Waals surface area contributed by atoms with Gasteiger partial charge in [-0.2, -0.15) is 0 Å². The van der Waals surface area contributed by atoms with Gasteiger partial charge in [0.2, 0.25) is 8.32 Å². The summed E-state index contributed by atoms with van der Waals surface area (Å²) in [6.45, 7) is 9.76. The molecule has 0 aliphatic carbocycles. The minimum Gasteiger partial charge on any atom is -0.416 e. The molecule has 0 aliphatic heterocycles. The van der Waals surface area contributed by atoms with Gasteiger partial charge in [-0.25, -0.2) is 0 Å². The van der Waals surface area contributed by atoms with Crippen LogP contribution in [0.3, 0.4) is 0 Å². The van der Waals surface area contributed by atoms with Crippen LogP contribution in [0.2, 0.25) is 13.1 Å². The molecule has 0 radical (unpaired) electrons. The first-order valence-electron chi connectivity index (χ1n) is 4.76. The molecule has 0 N–H and O–H groups in total. The van der Waals surface area contributed by atoms with Crippen LogP contribution in [-0.2, 0) is 4.43 Å². The van der Waals surface area contributed by atoms with E-state index < -0.39 is 8.32 Å². The SMILES string of the molecule is CCO[Si](C)(C)C(CC)N(C)C. The molecule has 0 aromatic rings. The van der Waals surface area contributed by atoms with E-state index in [1.165, 1.54) is 6.42 Å². The van der Waals surface area contributed by atoms with Crippen molar-refractivity contribution < 1.29 is 4.43 Å². The summed E-state index contributed by atoms with van der Waals surface area (Å²) in [5.41, 5.74) is 0.637. The average Bonchev–Trinajstić information content (AvgIpc) is 1.86. The molecule has 0 amide bonds. The Labute approximate surface area is 78.0 Å². The lowest BCUT2D eigenvalue weighted by atomic mass is 10.4. The van der Waals surface area contributed by atoms with Gasteiger partial charge in [0, 0.05) is 12.3 Å². The van der Waals surface area contributed by atoms with Gasteiger partial charge < -0.3 is 9.33 Å². The molecule has 0 spiro atoms. The highest BCUT2D eigenvalue weighted by Gasteiger charge is 2.33. The highest BCUT2D eigenvalue weighted by Crippen LogP contribution is 2.16. The molecular weight excluding hydrogens is 166 g/mol. The molecule has 3 heteroatoms. The van der Waals surface area contributed by atoms with Crippen molar-refractivity contribution in [1.29, 1.82) is 0 Å². The Kier molecular flexibility index (Phi) is 5.05. The molecule has 74 valence electrons. The van der Waals surface area contributed by atoms with Crippen LogP contribution in [0.5, 0.6) is 0 Å². The van der Waals surface area contributed by atoms with Crippen LogP contribution < -0.4 is 0 Å². The molecule has 0 rings (SSSR count). The second-order valence-corrected chi connectivity index (χ2v) is 8.09. The Morgan fingerprint density at radius 2 is 1.75 bits per heavy atom. The summed E-state index contributed by atoms with van der Waals surface area (Å²) in [4.78, 5) is 2.29. The molecular formula is C9H23NOSi. The van der Waals surface area contributed by atoms with E-state index >= 15 is 0 Å². The van der Waals surface area contributed by atoms with E-state index in [4.69, 9.17) is 4.43 Å². The maximum absolute atomic E-state index is 5.84. The van der Waals surface area contributed by atoms with Crippen molar-refractivity contribution in [2.24, 2.45) is 0 Å². The lowest BCUT2D eigenvalue weighted by Crippen LogP contribution is -2.52. The first-order valence-corrected chi connectivity index (χ1v) is 7.74. The molecule has 0 saturated carbocycles. The molecule has 2 nitrogen and oxygen atoms in total. The first-order chi connectivity index (χ1) is 5.45. The Morgan fingerprint density at radius 1 is 1.25 bits per heavy atom. The maximum atomic E-state index is 5.84. The van der Waals surface area contributed by atoms with Gasteiger partial charge in [0.1, 0.15) is 0 Å². The van der Waals surface area contributed by atoms with Crippen LogP contribution in [0.25, 0.3) is 0 Å². The summed E-state index contributed by atoms with van der Waals surface area (Å²) < 4.78 is 5.84. The summed E-state index contributed by atoms with van der Waals surface area (Å²) in [5, 5.41) is 0. The molecule has 0 bridgehead atoms. The minimum absolute atomic E-state index is 0.637. The molecule has 0 aromatic heterocycles. The molecule has 0 fully saturated rings. The van der Waals surface area contributed by atoms with Gasteiger partial charge in [0.15, 0.2) is 0 Å². The summed E-state index contributed by atoms with van der Waals surface area (Å²) >= 11 is 0. The van der Waals surface area contributed by atoms with Gasteiger partial charge in [0.25, 0.3) is 0 Å². The highest BCUT2D eigenvalue weighted by molar-refractivity contribution is 6.72. The normalized spacial score (nSPS) is 15.2. The van der Waals surface area contributed by atoms with E-state index in [1.54, 1.807) is 0 Å². The first kappa shape index (κ1) is 12.1. The van der Waals surface area contributed by atoms with Crippen molar-refractivity contribution in [3.8, 4) is 0 Å². The number of hydrogen-bond acceptors (Lipinski definition) is 2. The van der Waals surface area contributed by atoms with E-state index in [-0.39, 0.29) is 0 Å². The zero-order valence-corrected chi connectivity index (χ0v) is 10.3. The standard InChI is InChI=1S/C9H23NOSi/c1-7-9(10(3)4)12(5,6)11-8-2/h9H,7-8H2,1-6H3. The van der Waals surface area contributed by atoms with Crippen molar-refractivity contribution in [2.45, 2.75) is 39.0 Å². The van der Waals surface area contributed by atoms with Crippen LogP contribution in [0.4, 0.5) is 0 Å². The number of rotatable bonds is 5. The van der Waals surface area contributed by atoms with Crippen LogP contribution in [0, 0.1) is 0 Å². The third-order valence-electron chi connectivity index (χ3n) is 2.33. The van der Waals surface area contributed by atoms with Gasteiger partial charge in [-0.05, 0) is 40.5 Å². The summed E-state index contributed by atoms with van der Waals surface area (Å²) in [5.74, 6) is 0. The predicted molar refractivity (Wildman–Crippen MR) is 56.9 cm³/mol. The third kappa shape index (κ3) is 3.25. The van der Waals surface area contributed by atoms with Gasteiger partial charge in [-0.15, -0.1) is 0 Å². The quantitative estimate of drug-likeness (QED) is 0.614. The molecule has 0 heterocycles. The third-order valence-corrected chi connectivity index (χ3v) is 5.89. The molecule has 0 aliphatic rings. The van der Waals surface area contributed by atoms with Crippen LogP contribution >= 0.6 is 0 Å². The van der Waals surface area contributed by atoms with E-state index in [0.29, 0.717) is 5.67 Å². The Hall–Kier alpha value is 0.137. The topological polar surface area (TPSA) is 12.5 Å². The smallest absolute Gasteiger partial charge is 0.203 e. The van der Waals surface area contributed by atoms with Crippen LogP contribution in [0.15, 0.2) is 0 Å². The number of hydrogen-bond donors (Lipinski definition) is 0.